The fourth-order valence-electron chi connectivity index (χ4n) is 0.932. The van der Waals surface area contributed by atoms with Crippen molar-refractivity contribution in [2.75, 3.05) is 32.8 Å². The number of rotatable bonds is 6. The largest absolute Gasteiger partial charge is 0.460 e. The number of aliphatic hydroxyl groups is 1. The molecule has 0 atom stereocenters. The lowest BCUT2D eigenvalue weighted by Gasteiger charge is -2.13. The molecule has 0 aromatic carbocycles. The van der Waals surface area contributed by atoms with Crippen LogP contribution in [-0.4, -0.2) is 48.8 Å². The smallest absolute Gasteiger partial charge is 0.333 e. The Labute approximate surface area is 98.9 Å². The van der Waals surface area contributed by atoms with Gasteiger partial charge in [0.25, 0.3) is 0 Å². The minimum absolute atomic E-state index is 0.0473. The van der Waals surface area contributed by atoms with E-state index in [9.17, 15) is 4.79 Å². The van der Waals surface area contributed by atoms with Crippen LogP contribution in [0.4, 0.5) is 0 Å². The Morgan fingerprint density at radius 2 is 1.69 bits per heavy atom. The highest BCUT2D eigenvalue weighted by atomic mass is 16.5. The number of ether oxygens (including phenoxy) is 1. The number of aliphatic hydroxyl groups excluding tert-OH is 1. The Kier molecular flexibility index (Phi) is 13.4. The standard InChI is InChI=1S/C6H15N.C6H10O3/c1-4-7(5-2)6-3;1-5(2)6(8)9-4-3-7/h4-6H2,1-3H3;7H,1,3-4H2,2H3. The second-order valence-corrected chi connectivity index (χ2v) is 3.26. The van der Waals surface area contributed by atoms with E-state index < -0.39 is 5.97 Å². The van der Waals surface area contributed by atoms with Gasteiger partial charge in [0.05, 0.1) is 6.61 Å². The Balaban J connectivity index is 0. The maximum Gasteiger partial charge on any atom is 0.333 e. The zero-order valence-corrected chi connectivity index (χ0v) is 11.0. The Morgan fingerprint density at radius 3 is 1.88 bits per heavy atom. The van der Waals surface area contributed by atoms with E-state index in [0.29, 0.717) is 5.57 Å². The lowest BCUT2D eigenvalue weighted by molar-refractivity contribution is -0.139. The molecule has 1 N–H and O–H groups in total. The summed E-state index contributed by atoms with van der Waals surface area (Å²) >= 11 is 0. The van der Waals surface area contributed by atoms with Crippen molar-refractivity contribution in [1.82, 2.24) is 4.90 Å². The maximum atomic E-state index is 10.5. The van der Waals surface area contributed by atoms with Gasteiger partial charge < -0.3 is 14.7 Å². The second-order valence-electron chi connectivity index (χ2n) is 3.26. The molecule has 0 heterocycles. The van der Waals surface area contributed by atoms with Crippen molar-refractivity contribution in [1.29, 1.82) is 0 Å². The minimum atomic E-state index is -0.455. The number of hydrogen-bond donors (Lipinski definition) is 1. The number of carbonyl (C=O) groups excluding carboxylic acids is 1. The summed E-state index contributed by atoms with van der Waals surface area (Å²) in [5.41, 5.74) is 0.350. The first-order valence-corrected chi connectivity index (χ1v) is 5.69. The Bertz CT molecular complexity index is 183. The van der Waals surface area contributed by atoms with Crippen LogP contribution in [0.3, 0.4) is 0 Å². The molecule has 96 valence electrons. The third kappa shape index (κ3) is 11.2. The molecule has 0 spiro atoms. The Hall–Kier alpha value is -0.870. The van der Waals surface area contributed by atoms with Gasteiger partial charge in [0.15, 0.2) is 0 Å². The highest BCUT2D eigenvalue weighted by molar-refractivity contribution is 5.86. The van der Waals surface area contributed by atoms with Gasteiger partial charge in [-0.15, -0.1) is 0 Å². The molecule has 4 nitrogen and oxygen atoms in total. The normalized spacial score (nSPS) is 9.38. The van der Waals surface area contributed by atoms with E-state index in [-0.39, 0.29) is 13.2 Å². The molecule has 0 amide bonds. The van der Waals surface area contributed by atoms with Crippen LogP contribution in [0.2, 0.25) is 0 Å². The maximum absolute atomic E-state index is 10.5. The molecule has 0 unspecified atom stereocenters. The van der Waals surface area contributed by atoms with Crippen molar-refractivity contribution in [2.45, 2.75) is 27.7 Å². The first kappa shape index (κ1) is 17.5. The molecule has 0 radical (unpaired) electrons. The van der Waals surface area contributed by atoms with E-state index in [0.717, 1.165) is 0 Å². The van der Waals surface area contributed by atoms with Crippen molar-refractivity contribution in [2.24, 2.45) is 0 Å². The van der Waals surface area contributed by atoms with Gasteiger partial charge in [-0.3, -0.25) is 0 Å². The number of hydrogen-bond acceptors (Lipinski definition) is 4. The molecule has 0 bridgehead atoms. The molecule has 0 aliphatic heterocycles. The predicted molar refractivity (Wildman–Crippen MR) is 66.3 cm³/mol. The minimum Gasteiger partial charge on any atom is -0.460 e. The lowest BCUT2D eigenvalue weighted by Crippen LogP contribution is -2.21. The van der Waals surface area contributed by atoms with Gasteiger partial charge in [-0.2, -0.15) is 0 Å². The van der Waals surface area contributed by atoms with E-state index in [1.165, 1.54) is 19.6 Å². The number of carbonyl (C=O) groups is 1. The summed E-state index contributed by atoms with van der Waals surface area (Å²) in [7, 11) is 0. The van der Waals surface area contributed by atoms with Gasteiger partial charge in [-0.1, -0.05) is 27.4 Å². The van der Waals surface area contributed by atoms with E-state index in [2.05, 4.69) is 37.0 Å². The van der Waals surface area contributed by atoms with E-state index in [4.69, 9.17) is 5.11 Å². The van der Waals surface area contributed by atoms with Gasteiger partial charge in [0.1, 0.15) is 6.61 Å². The summed E-state index contributed by atoms with van der Waals surface area (Å²) in [4.78, 5) is 12.8. The summed E-state index contributed by atoms with van der Waals surface area (Å²) in [5, 5.41) is 8.19. The molecule has 0 aliphatic rings. The van der Waals surface area contributed by atoms with Crippen molar-refractivity contribution < 1.29 is 14.6 Å². The molecule has 0 saturated heterocycles. The highest BCUT2D eigenvalue weighted by Gasteiger charge is 1.99. The zero-order valence-electron chi connectivity index (χ0n) is 11.0. The monoisotopic (exact) mass is 231 g/mol. The first-order valence-electron chi connectivity index (χ1n) is 5.69. The molecule has 0 aromatic rings. The average molecular weight is 231 g/mol. The van der Waals surface area contributed by atoms with Crippen molar-refractivity contribution >= 4 is 5.97 Å². The molecular weight excluding hydrogens is 206 g/mol. The molecule has 0 rings (SSSR count). The molecule has 0 fully saturated rings. The van der Waals surface area contributed by atoms with E-state index in [1.807, 2.05) is 0 Å². The third-order valence-corrected chi connectivity index (χ3v) is 2.01. The van der Waals surface area contributed by atoms with Crippen LogP contribution in [0.15, 0.2) is 12.2 Å². The molecule has 0 saturated carbocycles. The quantitative estimate of drug-likeness (QED) is 0.555. The first-order chi connectivity index (χ1) is 7.53. The summed E-state index contributed by atoms with van der Waals surface area (Å²) < 4.78 is 4.46. The van der Waals surface area contributed by atoms with Crippen LogP contribution in [0.1, 0.15) is 27.7 Å². The molecular formula is C12H25NO3. The summed E-state index contributed by atoms with van der Waals surface area (Å²) in [6.45, 7) is 14.9. The lowest BCUT2D eigenvalue weighted by atomic mass is 10.4. The van der Waals surface area contributed by atoms with Crippen LogP contribution >= 0.6 is 0 Å². The number of nitrogens with zero attached hydrogens (tertiary/aromatic N) is 1. The second kappa shape index (κ2) is 12.2. The predicted octanol–water partition coefficient (Wildman–Crippen LogP) is 1.45. The summed E-state index contributed by atoms with van der Waals surface area (Å²) in [6, 6.07) is 0. The fourth-order valence-corrected chi connectivity index (χ4v) is 0.932. The van der Waals surface area contributed by atoms with Gasteiger partial charge in [0.2, 0.25) is 0 Å². The van der Waals surface area contributed by atoms with Gasteiger partial charge in [-0.05, 0) is 26.6 Å². The molecule has 16 heavy (non-hydrogen) atoms. The van der Waals surface area contributed by atoms with Crippen LogP contribution in [-0.2, 0) is 9.53 Å². The zero-order chi connectivity index (χ0) is 13.0. The van der Waals surface area contributed by atoms with E-state index in [1.54, 1.807) is 6.92 Å². The van der Waals surface area contributed by atoms with Gasteiger partial charge in [-0.25, -0.2) is 4.79 Å². The van der Waals surface area contributed by atoms with Crippen LogP contribution in [0.5, 0.6) is 0 Å². The van der Waals surface area contributed by atoms with E-state index >= 15 is 0 Å². The van der Waals surface area contributed by atoms with Gasteiger partial charge in [0, 0.05) is 5.57 Å². The molecule has 0 aromatic heterocycles. The SMILES string of the molecule is C=C(C)C(=O)OCCO.CCN(CC)CC. The summed E-state index contributed by atoms with van der Waals surface area (Å²) in [6.07, 6.45) is 0. The van der Waals surface area contributed by atoms with Gasteiger partial charge >= 0.3 is 5.97 Å². The summed E-state index contributed by atoms with van der Waals surface area (Å²) in [5.74, 6) is -0.455. The fraction of sp³-hybridized carbons (Fsp3) is 0.750. The highest BCUT2D eigenvalue weighted by Crippen LogP contribution is 1.89. The number of esters is 1. The van der Waals surface area contributed by atoms with Crippen LogP contribution < -0.4 is 0 Å². The molecule has 4 heteroatoms. The van der Waals surface area contributed by atoms with Crippen molar-refractivity contribution in [3.05, 3.63) is 12.2 Å². The van der Waals surface area contributed by atoms with Crippen LogP contribution in [0, 0.1) is 0 Å². The van der Waals surface area contributed by atoms with Crippen LogP contribution in [0.25, 0.3) is 0 Å². The van der Waals surface area contributed by atoms with Crippen molar-refractivity contribution in [3.63, 3.8) is 0 Å². The third-order valence-electron chi connectivity index (χ3n) is 2.01. The Morgan fingerprint density at radius 1 is 1.25 bits per heavy atom. The van der Waals surface area contributed by atoms with Crippen molar-refractivity contribution in [3.8, 4) is 0 Å². The average Bonchev–Trinajstić information content (AvgIpc) is 2.29. The molecule has 0 aliphatic carbocycles. The topological polar surface area (TPSA) is 49.8 Å².